The molecule has 130 valence electrons. The fourth-order valence-corrected chi connectivity index (χ4v) is 2.64. The van der Waals surface area contributed by atoms with Gasteiger partial charge in [0.05, 0.1) is 17.6 Å². The maximum Gasteiger partial charge on any atom is 0.319 e. The van der Waals surface area contributed by atoms with Crippen molar-refractivity contribution in [2.24, 2.45) is 11.8 Å². The second-order valence-electron chi connectivity index (χ2n) is 6.22. The van der Waals surface area contributed by atoms with Gasteiger partial charge in [-0.25, -0.2) is 4.79 Å². The minimum absolute atomic E-state index is 0.131. The van der Waals surface area contributed by atoms with Crippen LogP contribution in [0.2, 0.25) is 0 Å². The van der Waals surface area contributed by atoms with Crippen LogP contribution in [0, 0.1) is 11.8 Å². The minimum Gasteiger partial charge on any atom is -0.396 e. The zero-order valence-electron chi connectivity index (χ0n) is 14.1. The standard InChI is InChI=1S/C17H25N5O2/c1-12(2)9-13(6-8-23)10-19-17(24)21-15-11-20-22-16(15)14-5-3-4-7-18-14/h3-5,7,11-13,23H,6,8-10H2,1-2H3,(H,20,22)(H2,19,21,24). The van der Waals surface area contributed by atoms with Gasteiger partial charge in [-0.15, -0.1) is 0 Å². The Kier molecular flexibility index (Phi) is 6.74. The number of H-pyrrole nitrogens is 1. The number of amides is 2. The predicted molar refractivity (Wildman–Crippen MR) is 93.5 cm³/mol. The van der Waals surface area contributed by atoms with Gasteiger partial charge in [-0.3, -0.25) is 10.1 Å². The maximum atomic E-state index is 12.1. The quantitative estimate of drug-likeness (QED) is 0.597. The van der Waals surface area contributed by atoms with Crippen LogP contribution >= 0.6 is 0 Å². The van der Waals surface area contributed by atoms with Crippen molar-refractivity contribution in [1.29, 1.82) is 0 Å². The van der Waals surface area contributed by atoms with Crippen molar-refractivity contribution in [3.8, 4) is 11.4 Å². The number of nitrogens with zero attached hydrogens (tertiary/aromatic N) is 2. The van der Waals surface area contributed by atoms with Gasteiger partial charge in [-0.05, 0) is 36.8 Å². The fraction of sp³-hybridized carbons (Fsp3) is 0.471. The fourth-order valence-electron chi connectivity index (χ4n) is 2.64. The second kappa shape index (κ2) is 9.02. The van der Waals surface area contributed by atoms with E-state index in [1.807, 2.05) is 18.2 Å². The zero-order chi connectivity index (χ0) is 17.4. The van der Waals surface area contributed by atoms with E-state index >= 15 is 0 Å². The van der Waals surface area contributed by atoms with Crippen LogP contribution in [0.3, 0.4) is 0 Å². The Balaban J connectivity index is 1.92. The number of aliphatic hydroxyl groups is 1. The number of nitrogens with one attached hydrogen (secondary N) is 3. The molecule has 0 aliphatic heterocycles. The molecule has 2 rings (SSSR count). The van der Waals surface area contributed by atoms with E-state index in [1.165, 1.54) is 0 Å². The summed E-state index contributed by atoms with van der Waals surface area (Å²) in [6.07, 6.45) is 4.89. The summed E-state index contributed by atoms with van der Waals surface area (Å²) >= 11 is 0. The van der Waals surface area contributed by atoms with Gasteiger partial charge in [-0.2, -0.15) is 5.10 Å². The van der Waals surface area contributed by atoms with Crippen molar-refractivity contribution in [3.63, 3.8) is 0 Å². The summed E-state index contributed by atoms with van der Waals surface area (Å²) in [5.41, 5.74) is 1.96. The summed E-state index contributed by atoms with van der Waals surface area (Å²) in [5.74, 6) is 0.788. The molecular weight excluding hydrogens is 306 g/mol. The number of aromatic nitrogens is 3. The molecule has 0 saturated carbocycles. The molecule has 24 heavy (non-hydrogen) atoms. The monoisotopic (exact) mass is 331 g/mol. The SMILES string of the molecule is CC(C)CC(CCO)CNC(=O)Nc1cn[nH]c1-c1ccccn1. The van der Waals surface area contributed by atoms with Crippen LogP contribution in [0.25, 0.3) is 11.4 Å². The van der Waals surface area contributed by atoms with Gasteiger partial charge in [0, 0.05) is 19.3 Å². The normalized spacial score (nSPS) is 12.2. The number of urea groups is 1. The molecule has 0 radical (unpaired) electrons. The summed E-state index contributed by atoms with van der Waals surface area (Å²) in [7, 11) is 0. The lowest BCUT2D eigenvalue weighted by Gasteiger charge is -2.18. The number of aliphatic hydroxyl groups excluding tert-OH is 1. The molecule has 2 heterocycles. The van der Waals surface area contributed by atoms with Crippen molar-refractivity contribution in [3.05, 3.63) is 30.6 Å². The molecule has 2 aromatic heterocycles. The topological polar surface area (TPSA) is 103 Å². The third kappa shape index (κ3) is 5.34. The van der Waals surface area contributed by atoms with Crippen molar-refractivity contribution < 1.29 is 9.90 Å². The Hall–Kier alpha value is -2.41. The van der Waals surface area contributed by atoms with E-state index in [9.17, 15) is 4.79 Å². The highest BCUT2D eigenvalue weighted by molar-refractivity contribution is 5.92. The van der Waals surface area contributed by atoms with Crippen LogP contribution < -0.4 is 10.6 Å². The first-order chi connectivity index (χ1) is 11.6. The Morgan fingerprint density at radius 1 is 1.38 bits per heavy atom. The summed E-state index contributed by atoms with van der Waals surface area (Å²) in [5, 5.41) is 21.6. The molecule has 0 bridgehead atoms. The van der Waals surface area contributed by atoms with E-state index in [0.717, 1.165) is 6.42 Å². The number of pyridine rings is 1. The highest BCUT2D eigenvalue weighted by Gasteiger charge is 2.14. The van der Waals surface area contributed by atoms with E-state index < -0.39 is 0 Å². The largest absolute Gasteiger partial charge is 0.396 e. The molecule has 7 heteroatoms. The maximum absolute atomic E-state index is 12.1. The number of hydrogen-bond acceptors (Lipinski definition) is 4. The molecule has 1 atom stereocenters. The van der Waals surface area contributed by atoms with Gasteiger partial charge >= 0.3 is 6.03 Å². The molecule has 7 nitrogen and oxygen atoms in total. The molecule has 0 fully saturated rings. The molecule has 0 aliphatic rings. The number of carbonyl (C=O) groups is 1. The van der Waals surface area contributed by atoms with Crippen LogP contribution in [0.15, 0.2) is 30.6 Å². The average Bonchev–Trinajstić information content (AvgIpc) is 3.01. The van der Waals surface area contributed by atoms with E-state index in [4.69, 9.17) is 5.11 Å². The van der Waals surface area contributed by atoms with Crippen molar-refractivity contribution in [2.75, 3.05) is 18.5 Å². The first-order valence-electron chi connectivity index (χ1n) is 8.20. The number of hydrogen-bond donors (Lipinski definition) is 4. The number of aromatic amines is 1. The highest BCUT2D eigenvalue weighted by Crippen LogP contribution is 2.22. The van der Waals surface area contributed by atoms with Gasteiger partial charge < -0.3 is 15.7 Å². The lowest BCUT2D eigenvalue weighted by molar-refractivity contribution is 0.231. The third-order valence-corrected chi connectivity index (χ3v) is 3.70. The van der Waals surface area contributed by atoms with Crippen LogP contribution in [0.4, 0.5) is 10.5 Å². The summed E-state index contributed by atoms with van der Waals surface area (Å²) in [6, 6.07) is 5.25. The van der Waals surface area contributed by atoms with Crippen LogP contribution in [-0.4, -0.2) is 39.5 Å². The Morgan fingerprint density at radius 3 is 2.88 bits per heavy atom. The Morgan fingerprint density at radius 2 is 2.21 bits per heavy atom. The summed E-state index contributed by atoms with van der Waals surface area (Å²) in [4.78, 5) is 16.4. The van der Waals surface area contributed by atoms with Gasteiger partial charge in [-0.1, -0.05) is 19.9 Å². The molecule has 0 aliphatic carbocycles. The predicted octanol–water partition coefficient (Wildman–Crippen LogP) is 2.64. The van der Waals surface area contributed by atoms with E-state index in [-0.39, 0.29) is 18.6 Å². The number of rotatable bonds is 8. The van der Waals surface area contributed by atoms with Crippen molar-refractivity contribution in [1.82, 2.24) is 20.5 Å². The number of carbonyl (C=O) groups excluding carboxylic acids is 1. The Labute approximate surface area is 141 Å². The molecule has 2 aromatic rings. The van der Waals surface area contributed by atoms with Crippen LogP contribution in [0.1, 0.15) is 26.7 Å². The van der Waals surface area contributed by atoms with Crippen LogP contribution in [-0.2, 0) is 0 Å². The lowest BCUT2D eigenvalue weighted by Crippen LogP contribution is -2.33. The van der Waals surface area contributed by atoms with Crippen LogP contribution in [0.5, 0.6) is 0 Å². The lowest BCUT2D eigenvalue weighted by atomic mass is 9.94. The molecule has 0 spiro atoms. The van der Waals surface area contributed by atoms with Crippen molar-refractivity contribution >= 4 is 11.7 Å². The van der Waals surface area contributed by atoms with E-state index in [1.54, 1.807) is 12.4 Å². The van der Waals surface area contributed by atoms with Gasteiger partial charge in [0.1, 0.15) is 5.69 Å². The van der Waals surface area contributed by atoms with Gasteiger partial charge in [0.2, 0.25) is 0 Å². The molecular formula is C17H25N5O2. The zero-order valence-corrected chi connectivity index (χ0v) is 14.1. The summed E-state index contributed by atoms with van der Waals surface area (Å²) in [6.45, 7) is 4.93. The average molecular weight is 331 g/mol. The molecule has 0 aromatic carbocycles. The second-order valence-corrected chi connectivity index (χ2v) is 6.22. The van der Waals surface area contributed by atoms with Gasteiger partial charge in [0.15, 0.2) is 0 Å². The highest BCUT2D eigenvalue weighted by atomic mass is 16.3. The first-order valence-corrected chi connectivity index (χ1v) is 8.20. The smallest absolute Gasteiger partial charge is 0.319 e. The molecule has 4 N–H and O–H groups in total. The first kappa shape index (κ1) is 17.9. The number of anilines is 1. The Bertz CT molecular complexity index is 627. The van der Waals surface area contributed by atoms with Gasteiger partial charge in [0.25, 0.3) is 0 Å². The van der Waals surface area contributed by atoms with E-state index in [0.29, 0.717) is 36.0 Å². The molecule has 2 amide bonds. The van der Waals surface area contributed by atoms with E-state index in [2.05, 4.69) is 39.7 Å². The summed E-state index contributed by atoms with van der Waals surface area (Å²) < 4.78 is 0. The van der Waals surface area contributed by atoms with Crippen molar-refractivity contribution in [2.45, 2.75) is 26.7 Å². The molecule has 0 saturated heterocycles. The minimum atomic E-state index is -0.291. The third-order valence-electron chi connectivity index (χ3n) is 3.70. The molecule has 1 unspecified atom stereocenters.